The summed E-state index contributed by atoms with van der Waals surface area (Å²) in [4.78, 5) is 26.2. The van der Waals surface area contributed by atoms with Crippen LogP contribution in [0.15, 0.2) is 29.2 Å². The quantitative estimate of drug-likeness (QED) is 0.634. The maximum atomic E-state index is 13.2. The van der Waals surface area contributed by atoms with Gasteiger partial charge in [-0.15, -0.1) is 11.3 Å². The van der Waals surface area contributed by atoms with Crippen molar-refractivity contribution in [2.75, 3.05) is 25.0 Å². The van der Waals surface area contributed by atoms with Gasteiger partial charge >= 0.3 is 5.97 Å². The predicted molar refractivity (Wildman–Crippen MR) is 123 cm³/mol. The fourth-order valence-electron chi connectivity index (χ4n) is 3.61. The van der Waals surface area contributed by atoms with Crippen molar-refractivity contribution in [3.05, 3.63) is 45.8 Å². The van der Waals surface area contributed by atoms with Gasteiger partial charge in [-0.1, -0.05) is 6.07 Å². The molecule has 1 aliphatic rings. The Bertz CT molecular complexity index is 1120. The molecule has 0 bridgehead atoms. The lowest BCUT2D eigenvalue weighted by Crippen LogP contribution is -2.48. The van der Waals surface area contributed by atoms with Crippen LogP contribution in [-0.2, 0) is 19.5 Å². The van der Waals surface area contributed by atoms with Crippen LogP contribution in [0, 0.1) is 13.8 Å². The van der Waals surface area contributed by atoms with Gasteiger partial charge in [0.1, 0.15) is 5.00 Å². The van der Waals surface area contributed by atoms with Gasteiger partial charge in [0.05, 0.1) is 29.3 Å². The number of sulfonamides is 1. The summed E-state index contributed by atoms with van der Waals surface area (Å²) in [6.07, 6.45) is -0.432. The van der Waals surface area contributed by atoms with E-state index in [0.717, 1.165) is 10.4 Å². The van der Waals surface area contributed by atoms with Crippen molar-refractivity contribution in [1.82, 2.24) is 4.31 Å². The third-order valence-electron chi connectivity index (χ3n) is 5.21. The highest BCUT2D eigenvalue weighted by atomic mass is 32.2. The summed E-state index contributed by atoms with van der Waals surface area (Å²) in [6, 6.07) is 5.90. The van der Waals surface area contributed by atoms with Gasteiger partial charge in [-0.3, -0.25) is 4.79 Å². The lowest BCUT2D eigenvalue weighted by molar-refractivity contribution is -0.0440. The Morgan fingerprint density at radius 1 is 1.22 bits per heavy atom. The molecule has 3 rings (SSSR count). The van der Waals surface area contributed by atoms with E-state index < -0.39 is 21.9 Å². The second-order valence-electron chi connectivity index (χ2n) is 7.77. The van der Waals surface area contributed by atoms with Crippen LogP contribution in [-0.4, -0.2) is 56.5 Å². The van der Waals surface area contributed by atoms with Crippen LogP contribution in [0.25, 0.3) is 0 Å². The second kappa shape index (κ2) is 9.70. The largest absolute Gasteiger partial charge is 0.462 e. The van der Waals surface area contributed by atoms with Crippen molar-refractivity contribution in [3.63, 3.8) is 0 Å². The number of anilines is 1. The molecule has 2 heterocycles. The molecule has 0 aliphatic carbocycles. The topological polar surface area (TPSA) is 102 Å². The number of nitrogens with one attached hydrogen (secondary N) is 1. The van der Waals surface area contributed by atoms with Crippen LogP contribution in [0.2, 0.25) is 0 Å². The van der Waals surface area contributed by atoms with Crippen molar-refractivity contribution < 1.29 is 27.5 Å². The highest BCUT2D eigenvalue weighted by Crippen LogP contribution is 2.33. The monoisotopic (exact) mass is 480 g/mol. The molecule has 0 radical (unpaired) electrons. The van der Waals surface area contributed by atoms with Crippen LogP contribution < -0.4 is 5.32 Å². The van der Waals surface area contributed by atoms with Gasteiger partial charge in [0.25, 0.3) is 5.91 Å². The van der Waals surface area contributed by atoms with Crippen LogP contribution in [0.5, 0.6) is 0 Å². The zero-order chi connectivity index (χ0) is 23.6. The fourth-order valence-corrected chi connectivity index (χ4v) is 6.29. The molecule has 0 spiro atoms. The fraction of sp³-hybridized carbons (Fsp3) is 0.455. The SMILES string of the molecule is CCOC(=O)c1c(NC(=O)c2cccc(S(=O)(=O)N3CC(C)OC(C)C3)c2)sc(C)c1C. The summed E-state index contributed by atoms with van der Waals surface area (Å²) in [5.74, 6) is -1.01. The zero-order valence-electron chi connectivity index (χ0n) is 18.8. The first-order valence-corrected chi connectivity index (χ1v) is 12.6. The van der Waals surface area contributed by atoms with Gasteiger partial charge < -0.3 is 14.8 Å². The summed E-state index contributed by atoms with van der Waals surface area (Å²) in [5.41, 5.74) is 1.25. The van der Waals surface area contributed by atoms with E-state index in [2.05, 4.69) is 5.32 Å². The van der Waals surface area contributed by atoms with Gasteiger partial charge in [0, 0.05) is 23.5 Å². The molecule has 174 valence electrons. The number of benzene rings is 1. The maximum Gasteiger partial charge on any atom is 0.341 e. The van der Waals surface area contributed by atoms with Crippen LogP contribution in [0.1, 0.15) is 51.9 Å². The number of rotatable bonds is 6. The van der Waals surface area contributed by atoms with Crippen molar-refractivity contribution in [1.29, 1.82) is 0 Å². The highest BCUT2D eigenvalue weighted by Gasteiger charge is 2.32. The molecule has 1 fully saturated rings. The third-order valence-corrected chi connectivity index (χ3v) is 8.16. The van der Waals surface area contributed by atoms with E-state index in [1.807, 2.05) is 20.8 Å². The summed E-state index contributed by atoms with van der Waals surface area (Å²) in [6.45, 7) is 9.74. The molecule has 2 aromatic rings. The van der Waals surface area contributed by atoms with Crippen LogP contribution in [0.4, 0.5) is 5.00 Å². The molecule has 0 saturated carbocycles. The van der Waals surface area contributed by atoms with Gasteiger partial charge in [-0.25, -0.2) is 13.2 Å². The Hall–Kier alpha value is -2.27. The lowest BCUT2D eigenvalue weighted by Gasteiger charge is -2.34. The average molecular weight is 481 g/mol. The second-order valence-corrected chi connectivity index (χ2v) is 10.9. The normalized spacial score (nSPS) is 19.5. The molecule has 1 aromatic heterocycles. The Kier molecular flexibility index (Phi) is 7.39. The number of thiophene rings is 1. The number of hydrogen-bond acceptors (Lipinski definition) is 7. The number of esters is 1. The van der Waals surface area contributed by atoms with E-state index in [-0.39, 0.29) is 42.4 Å². The Morgan fingerprint density at radius 2 is 1.88 bits per heavy atom. The Labute approximate surface area is 192 Å². The zero-order valence-corrected chi connectivity index (χ0v) is 20.4. The molecule has 1 aromatic carbocycles. The Morgan fingerprint density at radius 3 is 2.50 bits per heavy atom. The number of hydrogen-bond donors (Lipinski definition) is 1. The van der Waals surface area contributed by atoms with Gasteiger partial charge in [0.2, 0.25) is 10.0 Å². The molecule has 1 saturated heterocycles. The summed E-state index contributed by atoms with van der Waals surface area (Å²) < 4.78 is 38.4. The van der Waals surface area contributed by atoms with Crippen LogP contribution >= 0.6 is 11.3 Å². The third kappa shape index (κ3) is 5.03. The van der Waals surface area contributed by atoms with Crippen molar-refractivity contribution in [2.45, 2.75) is 51.7 Å². The molecule has 1 amide bonds. The first-order valence-electron chi connectivity index (χ1n) is 10.4. The smallest absolute Gasteiger partial charge is 0.341 e. The number of aryl methyl sites for hydroxylation is 1. The van der Waals surface area contributed by atoms with Crippen LogP contribution in [0.3, 0.4) is 0 Å². The minimum absolute atomic E-state index is 0.0376. The Balaban J connectivity index is 1.87. The molecule has 1 N–H and O–H groups in total. The number of carbonyl (C=O) groups is 2. The molecule has 2 atom stereocenters. The van der Waals surface area contributed by atoms with Gasteiger partial charge in [0.15, 0.2) is 0 Å². The standard InChI is InChI=1S/C22H28N2O6S2/c1-6-29-22(26)19-15(4)16(5)31-21(19)23-20(25)17-8-7-9-18(10-17)32(27,28)24-11-13(2)30-14(3)12-24/h7-10,13-14H,6,11-12H2,1-5H3,(H,23,25). The van der Waals surface area contributed by atoms with Gasteiger partial charge in [-0.2, -0.15) is 4.31 Å². The van der Waals surface area contributed by atoms with E-state index in [1.54, 1.807) is 13.8 Å². The van der Waals surface area contributed by atoms with Crippen molar-refractivity contribution in [2.24, 2.45) is 0 Å². The first-order chi connectivity index (χ1) is 15.0. The van der Waals surface area contributed by atoms with Crippen molar-refractivity contribution in [3.8, 4) is 0 Å². The predicted octanol–water partition coefficient (Wildman–Crippen LogP) is 3.59. The average Bonchev–Trinajstić information content (AvgIpc) is 3.00. The lowest BCUT2D eigenvalue weighted by atomic mass is 10.1. The molecule has 10 heteroatoms. The van der Waals surface area contributed by atoms with Crippen molar-refractivity contribution >= 4 is 38.2 Å². The molecular weight excluding hydrogens is 452 g/mol. The van der Waals surface area contributed by atoms with E-state index in [9.17, 15) is 18.0 Å². The first kappa shape index (κ1) is 24.4. The molecule has 2 unspecified atom stereocenters. The number of amides is 1. The number of carbonyl (C=O) groups excluding carboxylic acids is 2. The summed E-state index contributed by atoms with van der Waals surface area (Å²) in [7, 11) is -3.79. The number of ether oxygens (including phenoxy) is 2. The molecule has 32 heavy (non-hydrogen) atoms. The van der Waals surface area contributed by atoms with E-state index >= 15 is 0 Å². The number of nitrogens with zero attached hydrogens (tertiary/aromatic N) is 1. The van der Waals surface area contributed by atoms with Gasteiger partial charge in [-0.05, 0) is 58.4 Å². The molecule has 1 aliphatic heterocycles. The minimum Gasteiger partial charge on any atom is -0.462 e. The molecular formula is C22H28N2O6S2. The van der Waals surface area contributed by atoms with E-state index in [4.69, 9.17) is 9.47 Å². The highest BCUT2D eigenvalue weighted by molar-refractivity contribution is 7.89. The minimum atomic E-state index is -3.79. The molecule has 8 nitrogen and oxygen atoms in total. The van der Waals surface area contributed by atoms with E-state index in [0.29, 0.717) is 10.6 Å². The maximum absolute atomic E-state index is 13.2. The summed E-state index contributed by atoms with van der Waals surface area (Å²) >= 11 is 1.28. The summed E-state index contributed by atoms with van der Waals surface area (Å²) in [5, 5.41) is 3.13. The van der Waals surface area contributed by atoms with E-state index in [1.165, 1.54) is 39.9 Å². The number of morpholine rings is 1.